The topological polar surface area (TPSA) is 32.8 Å². The number of nitrogens with zero attached hydrogens (tertiary/aromatic N) is 2. The molecule has 14 aromatic rings. The normalized spacial score (nSPS) is 11.9. The van der Waals surface area contributed by atoms with Gasteiger partial charge in [-0.3, -0.25) is 0 Å². The quantitative estimate of drug-likeness (QED) is 0.114. The molecule has 0 spiro atoms. The molecule has 0 atom stereocenters. The molecule has 2 aromatic heterocycles. The predicted molar refractivity (Wildman–Crippen MR) is 313 cm³/mol. The van der Waals surface area contributed by atoms with E-state index in [9.17, 15) is 0 Å². The maximum atomic E-state index is 7.14. The molecule has 12 aromatic carbocycles. The van der Waals surface area contributed by atoms with Crippen molar-refractivity contribution in [2.24, 2.45) is 0 Å². The minimum Gasteiger partial charge on any atom is -0.454 e. The van der Waals surface area contributed by atoms with E-state index in [2.05, 4.69) is 254 Å². The van der Waals surface area contributed by atoms with Crippen LogP contribution in [0.15, 0.2) is 239 Å². The Morgan fingerprint density at radius 3 is 1.08 bits per heavy atom. The third-order valence-corrected chi connectivity index (χ3v) is 15.3. The fourth-order valence-electron chi connectivity index (χ4n) is 12.0. The average molecular weight is 953 g/mol. The fraction of sp³-hybridized carbons (Fsp3) is 0.0857. The van der Waals surface area contributed by atoms with Crippen molar-refractivity contribution in [3.05, 3.63) is 242 Å². The Morgan fingerprint density at radius 2 is 0.649 bits per heavy atom. The molecule has 4 nitrogen and oxygen atoms in total. The van der Waals surface area contributed by atoms with Gasteiger partial charge in [-0.05, 0) is 93.0 Å². The number of hydrogen-bond donors (Lipinski definition) is 0. The van der Waals surface area contributed by atoms with Crippen molar-refractivity contribution in [3.8, 4) is 22.3 Å². The predicted octanol–water partition coefficient (Wildman–Crippen LogP) is 20.6. The van der Waals surface area contributed by atoms with Crippen molar-refractivity contribution in [3.63, 3.8) is 0 Å². The zero-order valence-electron chi connectivity index (χ0n) is 41.5. The van der Waals surface area contributed by atoms with Gasteiger partial charge >= 0.3 is 0 Å². The van der Waals surface area contributed by atoms with Crippen LogP contribution in [0.3, 0.4) is 0 Å². The second kappa shape index (κ2) is 17.9. The summed E-state index contributed by atoms with van der Waals surface area (Å²) in [6.45, 7) is 4.47. The lowest BCUT2D eigenvalue weighted by atomic mass is 9.91. The zero-order chi connectivity index (χ0) is 49.3. The van der Waals surface area contributed by atoms with E-state index in [1.54, 1.807) is 0 Å². The van der Waals surface area contributed by atoms with Crippen LogP contribution < -0.4 is 9.80 Å². The van der Waals surface area contributed by atoms with Crippen LogP contribution in [0, 0.1) is 0 Å². The van der Waals surface area contributed by atoms with Crippen LogP contribution in [0.1, 0.15) is 37.8 Å². The molecule has 0 aliphatic heterocycles. The molecule has 0 bridgehead atoms. The van der Waals surface area contributed by atoms with Gasteiger partial charge in [-0.15, -0.1) is 0 Å². The minimum absolute atomic E-state index is 0.871. The third-order valence-electron chi connectivity index (χ3n) is 15.3. The number of para-hydroxylation sites is 6. The highest BCUT2D eigenvalue weighted by Crippen LogP contribution is 2.52. The molecule has 74 heavy (non-hydrogen) atoms. The van der Waals surface area contributed by atoms with Gasteiger partial charge in [0, 0.05) is 43.4 Å². The molecule has 354 valence electrons. The van der Waals surface area contributed by atoms with Crippen LogP contribution in [0.4, 0.5) is 34.1 Å². The monoisotopic (exact) mass is 952 g/mol. The largest absolute Gasteiger partial charge is 0.454 e. The highest BCUT2D eigenvalue weighted by atomic mass is 16.3. The Hall–Kier alpha value is -9.12. The van der Waals surface area contributed by atoms with Crippen molar-refractivity contribution in [1.82, 2.24) is 0 Å². The van der Waals surface area contributed by atoms with E-state index in [0.29, 0.717) is 0 Å². The summed E-state index contributed by atoms with van der Waals surface area (Å²) in [5.74, 6) is 0. The van der Waals surface area contributed by atoms with Gasteiger partial charge in [0.05, 0.1) is 34.1 Å². The third kappa shape index (κ3) is 6.89. The standard InChI is InChI=1S/C70H52N2O2/c1-3-19-49-25-15-29-53-55-31-17-35-63(69(55)73-67(49)53)71(59-33-13-11-27-51(59)45-21-7-5-8-22-45)61-43-39-47-38-42-58-62(44-40-48-37-41-57(61)65(47)66(48)58)72(60-34-14-12-28-52(60)46-23-9-6-10-24-46)64-36-18-32-56-54-30-16-26-50(20-4-2)68(54)74-70(56)64/h5-18,21-44H,3-4,19-20H2,1-2H3. The number of hydrogen-bond acceptors (Lipinski definition) is 4. The van der Waals surface area contributed by atoms with Crippen molar-refractivity contribution in [2.45, 2.75) is 39.5 Å². The van der Waals surface area contributed by atoms with Gasteiger partial charge < -0.3 is 18.6 Å². The first-order valence-corrected chi connectivity index (χ1v) is 26.1. The molecule has 0 aliphatic carbocycles. The van der Waals surface area contributed by atoms with E-state index >= 15 is 0 Å². The molecule has 0 saturated carbocycles. The summed E-state index contributed by atoms with van der Waals surface area (Å²) in [5, 5.41) is 11.6. The van der Waals surface area contributed by atoms with Crippen molar-refractivity contribution in [1.29, 1.82) is 0 Å². The van der Waals surface area contributed by atoms with Gasteiger partial charge in [-0.2, -0.15) is 0 Å². The molecule has 4 heteroatoms. The van der Waals surface area contributed by atoms with Crippen molar-refractivity contribution in [2.75, 3.05) is 9.80 Å². The average Bonchev–Trinajstić information content (AvgIpc) is 4.09. The van der Waals surface area contributed by atoms with Gasteiger partial charge in [0.1, 0.15) is 11.2 Å². The number of anilines is 6. The maximum absolute atomic E-state index is 7.14. The van der Waals surface area contributed by atoms with Crippen LogP contribution in [0.25, 0.3) is 98.4 Å². The fourth-order valence-corrected chi connectivity index (χ4v) is 12.0. The first kappa shape index (κ1) is 43.7. The highest BCUT2D eigenvalue weighted by Gasteiger charge is 2.28. The molecule has 2 heterocycles. The van der Waals surface area contributed by atoms with Crippen LogP contribution >= 0.6 is 0 Å². The maximum Gasteiger partial charge on any atom is 0.159 e. The number of fused-ring (bicyclic) bond motifs is 6. The second-order valence-corrected chi connectivity index (χ2v) is 19.6. The molecule has 0 unspecified atom stereocenters. The highest BCUT2D eigenvalue weighted by molar-refractivity contribution is 6.29. The van der Waals surface area contributed by atoms with Crippen LogP contribution in [-0.2, 0) is 12.8 Å². The number of furan rings is 2. The molecular weight excluding hydrogens is 901 g/mol. The van der Waals surface area contributed by atoms with Gasteiger partial charge in [0.15, 0.2) is 11.2 Å². The SMILES string of the molecule is CCCc1cccc2c1oc1c(N(c3ccccc3-c3ccccc3)c3ccc4ccc5c(N(c6ccccc6-c6ccccc6)c6cccc7c6oc6c(CCC)cccc67)ccc6ccc3c4c65)cccc12. The van der Waals surface area contributed by atoms with Gasteiger partial charge in [-0.1, -0.05) is 221 Å². The number of benzene rings is 12. The first-order chi connectivity index (χ1) is 36.7. The van der Waals surface area contributed by atoms with Crippen LogP contribution in [0.2, 0.25) is 0 Å². The lowest BCUT2D eigenvalue weighted by molar-refractivity contribution is 0.661. The summed E-state index contributed by atoms with van der Waals surface area (Å²) in [6.07, 6.45) is 3.98. The number of aryl methyl sites for hydroxylation is 2. The van der Waals surface area contributed by atoms with E-state index in [1.807, 2.05) is 0 Å². The van der Waals surface area contributed by atoms with Gasteiger partial charge in [-0.25, -0.2) is 0 Å². The summed E-state index contributed by atoms with van der Waals surface area (Å²) in [4.78, 5) is 4.91. The summed E-state index contributed by atoms with van der Waals surface area (Å²) in [7, 11) is 0. The Labute approximate surface area is 430 Å². The lowest BCUT2D eigenvalue weighted by Gasteiger charge is -2.31. The first-order valence-electron chi connectivity index (χ1n) is 26.1. The Kier molecular flexibility index (Phi) is 10.5. The Balaban J connectivity index is 1.05. The molecule has 0 radical (unpaired) electrons. The molecule has 0 N–H and O–H groups in total. The van der Waals surface area contributed by atoms with Crippen LogP contribution in [0.5, 0.6) is 0 Å². The smallest absolute Gasteiger partial charge is 0.159 e. The van der Waals surface area contributed by atoms with Gasteiger partial charge in [0.2, 0.25) is 0 Å². The van der Waals surface area contributed by atoms with Crippen molar-refractivity contribution < 1.29 is 8.83 Å². The molecule has 0 amide bonds. The Morgan fingerprint density at radius 1 is 0.284 bits per heavy atom. The van der Waals surface area contributed by atoms with Crippen molar-refractivity contribution >= 4 is 110 Å². The summed E-state index contributed by atoms with van der Waals surface area (Å²) < 4.78 is 14.3. The summed E-state index contributed by atoms with van der Waals surface area (Å²) in [5.41, 5.74) is 17.0. The minimum atomic E-state index is 0.871. The van der Waals surface area contributed by atoms with E-state index in [4.69, 9.17) is 8.83 Å². The van der Waals surface area contributed by atoms with E-state index in [0.717, 1.165) is 137 Å². The summed E-state index contributed by atoms with van der Waals surface area (Å²) >= 11 is 0. The molecule has 0 fully saturated rings. The van der Waals surface area contributed by atoms with E-state index in [1.165, 1.54) is 32.7 Å². The number of rotatable bonds is 12. The molecule has 0 saturated heterocycles. The molecular formula is C70H52N2O2. The Bertz CT molecular complexity index is 4130. The van der Waals surface area contributed by atoms with E-state index in [-0.39, 0.29) is 0 Å². The second-order valence-electron chi connectivity index (χ2n) is 19.6. The summed E-state index contributed by atoms with van der Waals surface area (Å²) in [6, 6.07) is 84.1. The van der Waals surface area contributed by atoms with Crippen LogP contribution in [-0.4, -0.2) is 0 Å². The molecule has 14 rings (SSSR count). The lowest BCUT2D eigenvalue weighted by Crippen LogP contribution is -2.13. The van der Waals surface area contributed by atoms with E-state index < -0.39 is 0 Å². The zero-order valence-corrected chi connectivity index (χ0v) is 41.5. The van der Waals surface area contributed by atoms with Gasteiger partial charge in [0.25, 0.3) is 0 Å². The molecule has 0 aliphatic rings.